The third-order valence-corrected chi connectivity index (χ3v) is 3.29. The van der Waals surface area contributed by atoms with Crippen LogP contribution in [-0.4, -0.2) is 0 Å². The van der Waals surface area contributed by atoms with Crippen molar-refractivity contribution in [3.8, 4) is 0 Å². The number of halogens is 2. The molecule has 17 heavy (non-hydrogen) atoms. The Balaban J connectivity index is 2.10. The minimum atomic E-state index is 0.627. The molecule has 0 radical (unpaired) electrons. The van der Waals surface area contributed by atoms with E-state index in [1.807, 2.05) is 30.3 Å². The first-order chi connectivity index (χ1) is 8.16. The Morgan fingerprint density at radius 1 is 0.941 bits per heavy atom. The minimum absolute atomic E-state index is 0.627. The summed E-state index contributed by atoms with van der Waals surface area (Å²) < 4.78 is 0. The molecule has 3 heteroatoms. The second kappa shape index (κ2) is 5.44. The Morgan fingerprint density at radius 2 is 1.53 bits per heavy atom. The second-order valence-electron chi connectivity index (χ2n) is 3.92. The summed E-state index contributed by atoms with van der Waals surface area (Å²) in [7, 11) is 0. The molecule has 0 fully saturated rings. The molecular formula is C14H13Cl2N. The molecule has 88 valence electrons. The van der Waals surface area contributed by atoms with Gasteiger partial charge in [0.25, 0.3) is 0 Å². The van der Waals surface area contributed by atoms with Crippen LogP contribution in [0.4, 0.5) is 5.69 Å². The fourth-order valence-corrected chi connectivity index (χ4v) is 2.09. The van der Waals surface area contributed by atoms with Gasteiger partial charge in [-0.05, 0) is 31.2 Å². The third-order valence-electron chi connectivity index (χ3n) is 2.58. The van der Waals surface area contributed by atoms with Gasteiger partial charge in [-0.3, -0.25) is 0 Å². The van der Waals surface area contributed by atoms with Gasteiger partial charge in [0.15, 0.2) is 0 Å². The molecule has 0 aliphatic rings. The van der Waals surface area contributed by atoms with E-state index in [0.717, 1.165) is 11.3 Å². The summed E-state index contributed by atoms with van der Waals surface area (Å²) in [5.74, 6) is 0. The van der Waals surface area contributed by atoms with E-state index in [1.165, 1.54) is 5.56 Å². The van der Waals surface area contributed by atoms with Crippen LogP contribution in [0.3, 0.4) is 0 Å². The monoisotopic (exact) mass is 265 g/mol. The average Bonchev–Trinajstić information content (AvgIpc) is 2.31. The fourth-order valence-electron chi connectivity index (χ4n) is 1.56. The third kappa shape index (κ3) is 3.15. The van der Waals surface area contributed by atoms with Gasteiger partial charge < -0.3 is 5.32 Å². The van der Waals surface area contributed by atoms with E-state index in [4.69, 9.17) is 23.2 Å². The molecule has 0 spiro atoms. The molecule has 1 nitrogen and oxygen atoms in total. The molecule has 2 aromatic carbocycles. The predicted molar refractivity (Wildman–Crippen MR) is 75.0 cm³/mol. The second-order valence-corrected chi connectivity index (χ2v) is 4.73. The molecule has 0 saturated carbocycles. The maximum atomic E-state index is 6.10. The summed E-state index contributed by atoms with van der Waals surface area (Å²) in [6.07, 6.45) is 0. The van der Waals surface area contributed by atoms with Crippen LogP contribution < -0.4 is 5.32 Å². The molecule has 1 N–H and O–H groups in total. The molecule has 2 rings (SSSR count). The standard InChI is InChI=1S/C14H13Cl2N/c1-10-5-7-11(8-6-10)17-9-12-13(15)3-2-4-14(12)16/h2-8,17H,9H2,1H3. The van der Waals surface area contributed by atoms with Crippen LogP contribution in [0, 0.1) is 6.92 Å². The normalized spacial score (nSPS) is 10.3. The first kappa shape index (κ1) is 12.3. The number of benzene rings is 2. The zero-order valence-electron chi connectivity index (χ0n) is 9.50. The fraction of sp³-hybridized carbons (Fsp3) is 0.143. The Bertz CT molecular complexity index is 486. The Labute approximate surface area is 111 Å². The van der Waals surface area contributed by atoms with Crippen LogP contribution in [0.2, 0.25) is 10.0 Å². The number of anilines is 1. The van der Waals surface area contributed by atoms with E-state index < -0.39 is 0 Å². The SMILES string of the molecule is Cc1ccc(NCc2c(Cl)cccc2Cl)cc1. The molecule has 0 aromatic heterocycles. The van der Waals surface area contributed by atoms with Crippen molar-refractivity contribution in [2.75, 3.05) is 5.32 Å². The van der Waals surface area contributed by atoms with Crippen molar-refractivity contribution in [3.63, 3.8) is 0 Å². The molecule has 0 bridgehead atoms. The number of aryl methyl sites for hydroxylation is 1. The zero-order valence-corrected chi connectivity index (χ0v) is 11.0. The lowest BCUT2D eigenvalue weighted by Crippen LogP contribution is -2.00. The van der Waals surface area contributed by atoms with Crippen LogP contribution >= 0.6 is 23.2 Å². The van der Waals surface area contributed by atoms with Crippen LogP contribution in [-0.2, 0) is 6.54 Å². The summed E-state index contributed by atoms with van der Waals surface area (Å²) in [6.45, 7) is 2.69. The molecule has 0 saturated heterocycles. The maximum Gasteiger partial charge on any atom is 0.0470 e. The van der Waals surface area contributed by atoms with E-state index in [2.05, 4.69) is 24.4 Å². The zero-order chi connectivity index (χ0) is 12.3. The highest BCUT2D eigenvalue weighted by molar-refractivity contribution is 6.36. The highest BCUT2D eigenvalue weighted by atomic mass is 35.5. The number of hydrogen-bond acceptors (Lipinski definition) is 1. The van der Waals surface area contributed by atoms with Crippen molar-refractivity contribution in [2.24, 2.45) is 0 Å². The topological polar surface area (TPSA) is 12.0 Å². The lowest BCUT2D eigenvalue weighted by Gasteiger charge is -2.09. The van der Waals surface area contributed by atoms with Crippen LogP contribution in [0.15, 0.2) is 42.5 Å². The molecule has 0 unspecified atom stereocenters. The lowest BCUT2D eigenvalue weighted by atomic mass is 10.2. The van der Waals surface area contributed by atoms with Gasteiger partial charge in [0, 0.05) is 27.8 Å². The van der Waals surface area contributed by atoms with Crippen molar-refractivity contribution < 1.29 is 0 Å². The first-order valence-corrected chi connectivity index (χ1v) is 6.16. The number of rotatable bonds is 3. The van der Waals surface area contributed by atoms with E-state index >= 15 is 0 Å². The van der Waals surface area contributed by atoms with E-state index in [0.29, 0.717) is 16.6 Å². The van der Waals surface area contributed by atoms with Crippen molar-refractivity contribution in [1.82, 2.24) is 0 Å². The van der Waals surface area contributed by atoms with E-state index in [-0.39, 0.29) is 0 Å². The summed E-state index contributed by atoms with van der Waals surface area (Å²) in [4.78, 5) is 0. The molecule has 0 heterocycles. The average molecular weight is 266 g/mol. The quantitative estimate of drug-likeness (QED) is 0.831. The van der Waals surface area contributed by atoms with Crippen molar-refractivity contribution >= 4 is 28.9 Å². The Hall–Kier alpha value is -1.18. The lowest BCUT2D eigenvalue weighted by molar-refractivity contribution is 1.15. The predicted octanol–water partition coefficient (Wildman–Crippen LogP) is 4.91. The van der Waals surface area contributed by atoms with Gasteiger partial charge in [-0.1, -0.05) is 47.0 Å². The van der Waals surface area contributed by atoms with E-state index in [9.17, 15) is 0 Å². The Kier molecular flexibility index (Phi) is 3.93. The smallest absolute Gasteiger partial charge is 0.0470 e. The molecule has 0 amide bonds. The summed E-state index contributed by atoms with van der Waals surface area (Å²) in [5, 5.41) is 4.68. The van der Waals surface area contributed by atoms with E-state index in [1.54, 1.807) is 0 Å². The highest BCUT2D eigenvalue weighted by Crippen LogP contribution is 2.25. The summed E-state index contributed by atoms with van der Waals surface area (Å²) in [5.41, 5.74) is 3.23. The van der Waals surface area contributed by atoms with Gasteiger partial charge in [-0.15, -0.1) is 0 Å². The first-order valence-electron chi connectivity index (χ1n) is 5.40. The molecule has 0 atom stereocenters. The van der Waals surface area contributed by atoms with Gasteiger partial charge in [-0.2, -0.15) is 0 Å². The molecular weight excluding hydrogens is 253 g/mol. The van der Waals surface area contributed by atoms with Crippen LogP contribution in [0.5, 0.6) is 0 Å². The molecule has 2 aromatic rings. The summed E-state index contributed by atoms with van der Waals surface area (Å²) >= 11 is 12.2. The number of hydrogen-bond donors (Lipinski definition) is 1. The van der Waals surface area contributed by atoms with Crippen molar-refractivity contribution in [1.29, 1.82) is 0 Å². The molecule has 0 aliphatic heterocycles. The highest BCUT2D eigenvalue weighted by Gasteiger charge is 2.04. The van der Waals surface area contributed by atoms with Gasteiger partial charge in [0.1, 0.15) is 0 Å². The van der Waals surface area contributed by atoms with Crippen molar-refractivity contribution in [2.45, 2.75) is 13.5 Å². The Morgan fingerprint density at radius 3 is 2.12 bits per heavy atom. The largest absolute Gasteiger partial charge is 0.381 e. The number of nitrogens with one attached hydrogen (secondary N) is 1. The summed E-state index contributed by atoms with van der Waals surface area (Å²) in [6, 6.07) is 13.8. The van der Waals surface area contributed by atoms with Crippen molar-refractivity contribution in [3.05, 3.63) is 63.6 Å². The maximum absolute atomic E-state index is 6.10. The van der Waals surface area contributed by atoms with Crippen LogP contribution in [0.25, 0.3) is 0 Å². The van der Waals surface area contributed by atoms with Gasteiger partial charge in [0.2, 0.25) is 0 Å². The molecule has 0 aliphatic carbocycles. The minimum Gasteiger partial charge on any atom is -0.381 e. The van der Waals surface area contributed by atoms with Gasteiger partial charge in [0.05, 0.1) is 0 Å². The van der Waals surface area contributed by atoms with Crippen LogP contribution in [0.1, 0.15) is 11.1 Å². The van der Waals surface area contributed by atoms with Gasteiger partial charge in [-0.25, -0.2) is 0 Å². The van der Waals surface area contributed by atoms with Gasteiger partial charge >= 0.3 is 0 Å².